The molecule has 1 N–H and O–H groups in total. The number of hydrogen-bond donors (Lipinski definition) is 1. The van der Waals surface area contributed by atoms with Gasteiger partial charge in [0.05, 0.1) is 6.54 Å². The van der Waals surface area contributed by atoms with E-state index in [0.717, 1.165) is 12.5 Å². The zero-order valence-electron chi connectivity index (χ0n) is 8.72. The van der Waals surface area contributed by atoms with Gasteiger partial charge in [-0.1, -0.05) is 0 Å². The Bertz CT molecular complexity index is 323. The zero-order valence-corrected chi connectivity index (χ0v) is 8.72. The lowest BCUT2D eigenvalue weighted by Gasteiger charge is -2.14. The molecule has 6 nitrogen and oxygen atoms in total. The molecule has 0 aromatic heterocycles. The summed E-state index contributed by atoms with van der Waals surface area (Å²) in [5.41, 5.74) is 0. The summed E-state index contributed by atoms with van der Waals surface area (Å²) in [6, 6.07) is 0. The lowest BCUT2D eigenvalue weighted by atomic mass is 10.4. The highest BCUT2D eigenvalue weighted by Crippen LogP contribution is 2.08. The molecule has 0 radical (unpaired) electrons. The highest BCUT2D eigenvalue weighted by molar-refractivity contribution is 5.90. The second-order valence-corrected chi connectivity index (χ2v) is 3.32. The minimum Gasteiger partial charge on any atom is -0.478 e. The Hall–Kier alpha value is -1.85. The van der Waals surface area contributed by atoms with Gasteiger partial charge < -0.3 is 14.7 Å². The zero-order chi connectivity index (χ0) is 12.0. The average molecular weight is 227 g/mol. The van der Waals surface area contributed by atoms with Crippen molar-refractivity contribution in [1.29, 1.82) is 0 Å². The maximum absolute atomic E-state index is 11.2. The van der Waals surface area contributed by atoms with Gasteiger partial charge in [0.2, 0.25) is 5.91 Å². The number of aliphatic carboxylic acids is 1. The van der Waals surface area contributed by atoms with E-state index in [-0.39, 0.29) is 12.5 Å². The highest BCUT2D eigenvalue weighted by Gasteiger charge is 2.19. The number of amides is 1. The van der Waals surface area contributed by atoms with Crippen LogP contribution in [0.15, 0.2) is 12.2 Å². The Balaban J connectivity index is 2.17. The largest absolute Gasteiger partial charge is 0.478 e. The van der Waals surface area contributed by atoms with Gasteiger partial charge in [-0.3, -0.25) is 4.79 Å². The summed E-state index contributed by atoms with van der Waals surface area (Å²) in [5.74, 6) is -1.85. The third-order valence-electron chi connectivity index (χ3n) is 2.14. The molecule has 1 aliphatic rings. The summed E-state index contributed by atoms with van der Waals surface area (Å²) in [6.45, 7) is 1.15. The van der Waals surface area contributed by atoms with Crippen LogP contribution in [0.1, 0.15) is 12.8 Å². The van der Waals surface area contributed by atoms with Gasteiger partial charge in [-0.05, 0) is 6.42 Å². The molecule has 0 aromatic rings. The summed E-state index contributed by atoms with van der Waals surface area (Å²) in [7, 11) is 0. The van der Waals surface area contributed by atoms with Crippen molar-refractivity contribution < 1.29 is 24.2 Å². The number of ether oxygens (including phenoxy) is 1. The van der Waals surface area contributed by atoms with E-state index in [4.69, 9.17) is 9.84 Å². The maximum atomic E-state index is 11.2. The molecule has 0 spiro atoms. The SMILES string of the molecule is O=C(O)/C=C\C(=O)OCCN1CCCC1=O. The Morgan fingerprint density at radius 3 is 2.75 bits per heavy atom. The van der Waals surface area contributed by atoms with E-state index in [1.165, 1.54) is 0 Å². The van der Waals surface area contributed by atoms with Crippen molar-refractivity contribution in [2.24, 2.45) is 0 Å². The minimum absolute atomic E-state index is 0.0668. The summed E-state index contributed by atoms with van der Waals surface area (Å²) in [4.78, 5) is 33.8. The summed E-state index contributed by atoms with van der Waals surface area (Å²) in [5, 5.41) is 8.25. The molecule has 1 amide bonds. The smallest absolute Gasteiger partial charge is 0.331 e. The van der Waals surface area contributed by atoms with E-state index in [1.54, 1.807) is 4.90 Å². The van der Waals surface area contributed by atoms with Gasteiger partial charge in [0, 0.05) is 25.1 Å². The summed E-state index contributed by atoms with van der Waals surface area (Å²) < 4.78 is 4.72. The third-order valence-corrected chi connectivity index (χ3v) is 2.14. The molecule has 1 saturated heterocycles. The van der Waals surface area contributed by atoms with Crippen LogP contribution in [0.5, 0.6) is 0 Å². The number of rotatable bonds is 5. The van der Waals surface area contributed by atoms with Crippen LogP contribution in [0.25, 0.3) is 0 Å². The van der Waals surface area contributed by atoms with Crippen LogP contribution < -0.4 is 0 Å². The molecule has 0 atom stereocenters. The van der Waals surface area contributed by atoms with Crippen LogP contribution in [0.3, 0.4) is 0 Å². The number of carbonyl (C=O) groups excluding carboxylic acids is 2. The number of carboxylic acids is 1. The molecule has 0 saturated carbocycles. The van der Waals surface area contributed by atoms with Crippen molar-refractivity contribution >= 4 is 17.8 Å². The van der Waals surface area contributed by atoms with Crippen LogP contribution in [-0.4, -0.2) is 47.5 Å². The molecule has 88 valence electrons. The van der Waals surface area contributed by atoms with Gasteiger partial charge in [-0.25, -0.2) is 9.59 Å². The van der Waals surface area contributed by atoms with Gasteiger partial charge in [-0.2, -0.15) is 0 Å². The fraction of sp³-hybridized carbons (Fsp3) is 0.500. The summed E-state index contributed by atoms with van der Waals surface area (Å²) in [6.07, 6.45) is 2.94. The molecule has 1 heterocycles. The fourth-order valence-corrected chi connectivity index (χ4v) is 1.38. The third kappa shape index (κ3) is 4.12. The first-order valence-electron chi connectivity index (χ1n) is 4.95. The first kappa shape index (κ1) is 12.2. The molecule has 0 unspecified atom stereocenters. The highest BCUT2D eigenvalue weighted by atomic mass is 16.5. The first-order chi connectivity index (χ1) is 7.59. The van der Waals surface area contributed by atoms with Crippen molar-refractivity contribution in [1.82, 2.24) is 4.90 Å². The van der Waals surface area contributed by atoms with Gasteiger partial charge in [-0.15, -0.1) is 0 Å². The van der Waals surface area contributed by atoms with Gasteiger partial charge in [0.25, 0.3) is 0 Å². The van der Waals surface area contributed by atoms with Crippen molar-refractivity contribution in [2.45, 2.75) is 12.8 Å². The molecule has 16 heavy (non-hydrogen) atoms. The van der Waals surface area contributed by atoms with Crippen LogP contribution in [0.2, 0.25) is 0 Å². The monoisotopic (exact) mass is 227 g/mol. The lowest BCUT2D eigenvalue weighted by Crippen LogP contribution is -2.29. The topological polar surface area (TPSA) is 83.9 Å². The van der Waals surface area contributed by atoms with Crippen LogP contribution in [-0.2, 0) is 19.1 Å². The van der Waals surface area contributed by atoms with E-state index in [2.05, 4.69) is 0 Å². The molecule has 6 heteroatoms. The predicted octanol–water partition coefficient (Wildman–Crippen LogP) is -0.207. The van der Waals surface area contributed by atoms with E-state index in [9.17, 15) is 14.4 Å². The molecule has 1 rings (SSSR count). The Morgan fingerprint density at radius 2 is 2.19 bits per heavy atom. The van der Waals surface area contributed by atoms with E-state index >= 15 is 0 Å². The number of carboxylic acid groups (broad SMARTS) is 1. The standard InChI is InChI=1S/C10H13NO5/c12-8-2-1-5-11(8)6-7-16-10(15)4-3-9(13)14/h3-4H,1-2,5-7H2,(H,13,14)/b4-3-. The van der Waals surface area contributed by atoms with Gasteiger partial charge >= 0.3 is 11.9 Å². The molecular weight excluding hydrogens is 214 g/mol. The summed E-state index contributed by atoms with van der Waals surface area (Å²) >= 11 is 0. The molecule has 0 aliphatic carbocycles. The fourth-order valence-electron chi connectivity index (χ4n) is 1.38. The van der Waals surface area contributed by atoms with Crippen LogP contribution in [0, 0.1) is 0 Å². The average Bonchev–Trinajstić information content (AvgIpc) is 2.61. The van der Waals surface area contributed by atoms with E-state index < -0.39 is 11.9 Å². The Kier molecular flexibility index (Phi) is 4.50. The Labute approximate surface area is 92.5 Å². The maximum Gasteiger partial charge on any atom is 0.331 e. The normalized spacial score (nSPS) is 15.8. The van der Waals surface area contributed by atoms with E-state index in [0.29, 0.717) is 25.6 Å². The lowest BCUT2D eigenvalue weighted by molar-refractivity contribution is -0.140. The minimum atomic E-state index is -1.20. The molecule has 1 aliphatic heterocycles. The number of esters is 1. The molecule has 0 bridgehead atoms. The van der Waals surface area contributed by atoms with Crippen molar-refractivity contribution in [2.75, 3.05) is 19.7 Å². The predicted molar refractivity (Wildman–Crippen MR) is 53.5 cm³/mol. The quantitative estimate of drug-likeness (QED) is 0.519. The van der Waals surface area contributed by atoms with Crippen molar-refractivity contribution in [3.8, 4) is 0 Å². The van der Waals surface area contributed by atoms with Crippen LogP contribution in [0.4, 0.5) is 0 Å². The number of nitrogens with zero attached hydrogens (tertiary/aromatic N) is 1. The first-order valence-corrected chi connectivity index (χ1v) is 4.95. The molecular formula is C10H13NO5. The second kappa shape index (κ2) is 5.89. The molecule has 1 fully saturated rings. The number of hydrogen-bond acceptors (Lipinski definition) is 4. The van der Waals surface area contributed by atoms with E-state index in [1.807, 2.05) is 0 Å². The van der Waals surface area contributed by atoms with Crippen molar-refractivity contribution in [3.05, 3.63) is 12.2 Å². The second-order valence-electron chi connectivity index (χ2n) is 3.32. The van der Waals surface area contributed by atoms with Crippen molar-refractivity contribution in [3.63, 3.8) is 0 Å². The van der Waals surface area contributed by atoms with Gasteiger partial charge in [0.15, 0.2) is 0 Å². The number of likely N-dealkylation sites (tertiary alicyclic amines) is 1. The van der Waals surface area contributed by atoms with Gasteiger partial charge in [0.1, 0.15) is 6.61 Å². The number of carbonyl (C=O) groups is 3. The Morgan fingerprint density at radius 1 is 1.44 bits per heavy atom. The van der Waals surface area contributed by atoms with Crippen LogP contribution >= 0.6 is 0 Å². The molecule has 0 aromatic carbocycles.